The zero-order valence-corrected chi connectivity index (χ0v) is 8.03. The molecule has 0 spiro atoms. The molecule has 0 N–H and O–H groups in total. The second kappa shape index (κ2) is 4.16. The van der Waals surface area contributed by atoms with Gasteiger partial charge in [0.15, 0.2) is 0 Å². The maximum absolute atomic E-state index is 12.4. The van der Waals surface area contributed by atoms with Gasteiger partial charge in [0.05, 0.1) is 17.6 Å². The van der Waals surface area contributed by atoms with Gasteiger partial charge >= 0.3 is 0 Å². The fourth-order valence-corrected chi connectivity index (χ4v) is 1.21. The number of nitrogens with zero attached hydrogens (tertiary/aromatic N) is 2. The van der Waals surface area contributed by atoms with Crippen molar-refractivity contribution < 1.29 is 18.4 Å². The van der Waals surface area contributed by atoms with Crippen molar-refractivity contribution in [3.63, 3.8) is 0 Å². The van der Waals surface area contributed by atoms with Crippen LogP contribution in [0.25, 0.3) is 0 Å². The maximum Gasteiger partial charge on any atom is 0.288 e. The van der Waals surface area contributed by atoms with Crippen LogP contribution in [0.2, 0.25) is 0 Å². The van der Waals surface area contributed by atoms with Gasteiger partial charge in [-0.3, -0.25) is 10.1 Å². The molecule has 0 aliphatic heterocycles. The Morgan fingerprint density at radius 2 is 2.20 bits per heavy atom. The molecule has 1 aromatic heterocycles. The average Bonchev–Trinajstić information content (AvgIpc) is 2.16. The Labute approximate surface area is 83.8 Å². The zero-order valence-electron chi connectivity index (χ0n) is 8.03. The van der Waals surface area contributed by atoms with Gasteiger partial charge in [0.2, 0.25) is 5.88 Å². The van der Waals surface area contributed by atoms with Crippen LogP contribution < -0.4 is 4.74 Å². The third-order valence-corrected chi connectivity index (χ3v) is 1.88. The van der Waals surface area contributed by atoms with Gasteiger partial charge in [-0.05, 0) is 6.92 Å². The summed E-state index contributed by atoms with van der Waals surface area (Å²) in [6.07, 6.45) is -2.17. The molecular weight excluding hydrogens is 210 g/mol. The molecule has 1 aromatic rings. The van der Waals surface area contributed by atoms with Crippen LogP contribution in [0.5, 0.6) is 5.88 Å². The molecule has 5 nitrogen and oxygen atoms in total. The fraction of sp³-hybridized carbons (Fsp3) is 0.375. The molecule has 82 valence electrons. The Hall–Kier alpha value is -1.79. The number of alkyl halides is 2. The average molecular weight is 218 g/mol. The molecule has 0 fully saturated rings. The van der Waals surface area contributed by atoms with E-state index >= 15 is 0 Å². The van der Waals surface area contributed by atoms with E-state index in [1.807, 2.05) is 0 Å². The Bertz CT molecular complexity index is 396. The Kier molecular flexibility index (Phi) is 3.13. The topological polar surface area (TPSA) is 65.3 Å². The minimum Gasteiger partial charge on any atom is -0.481 e. The molecule has 0 aliphatic carbocycles. The summed E-state index contributed by atoms with van der Waals surface area (Å²) in [5, 5.41) is 10.6. The normalized spacial score (nSPS) is 10.5. The summed E-state index contributed by atoms with van der Waals surface area (Å²) in [6, 6.07) is 0. The van der Waals surface area contributed by atoms with Crippen molar-refractivity contribution in [2.75, 3.05) is 7.11 Å². The number of halogens is 2. The summed E-state index contributed by atoms with van der Waals surface area (Å²) in [7, 11) is 1.26. The minimum absolute atomic E-state index is 0.000278. The first-order chi connectivity index (χ1) is 6.99. The van der Waals surface area contributed by atoms with Crippen LogP contribution in [-0.2, 0) is 0 Å². The van der Waals surface area contributed by atoms with Gasteiger partial charge in [-0.25, -0.2) is 13.8 Å². The van der Waals surface area contributed by atoms with Crippen molar-refractivity contribution >= 4 is 5.69 Å². The standard InChI is InChI=1S/C8H8F2N2O3/c1-4-6(12(13)14)5(7(9)10)3-11-8(4)15-2/h3,7H,1-2H3. The molecule has 1 rings (SSSR count). The van der Waals surface area contributed by atoms with Crippen molar-refractivity contribution in [2.24, 2.45) is 0 Å². The Morgan fingerprint density at radius 1 is 1.60 bits per heavy atom. The third kappa shape index (κ3) is 2.00. The molecule has 0 aromatic carbocycles. The molecule has 0 unspecified atom stereocenters. The van der Waals surface area contributed by atoms with Gasteiger partial charge in [-0.2, -0.15) is 0 Å². The van der Waals surface area contributed by atoms with Gasteiger partial charge in [-0.15, -0.1) is 0 Å². The van der Waals surface area contributed by atoms with Gasteiger partial charge in [0.25, 0.3) is 12.1 Å². The number of pyridine rings is 1. The molecule has 0 saturated carbocycles. The van der Waals surface area contributed by atoms with Gasteiger partial charge in [-0.1, -0.05) is 0 Å². The quantitative estimate of drug-likeness (QED) is 0.576. The van der Waals surface area contributed by atoms with Crippen LogP contribution in [0.4, 0.5) is 14.5 Å². The second-order valence-corrected chi connectivity index (χ2v) is 2.75. The first kappa shape index (κ1) is 11.3. The first-order valence-electron chi connectivity index (χ1n) is 3.95. The highest BCUT2D eigenvalue weighted by Gasteiger charge is 2.27. The smallest absolute Gasteiger partial charge is 0.288 e. The lowest BCUT2D eigenvalue weighted by molar-refractivity contribution is -0.387. The maximum atomic E-state index is 12.4. The molecule has 7 heteroatoms. The van der Waals surface area contributed by atoms with Crippen LogP contribution in [0, 0.1) is 17.0 Å². The monoisotopic (exact) mass is 218 g/mol. The number of rotatable bonds is 3. The summed E-state index contributed by atoms with van der Waals surface area (Å²) < 4.78 is 29.5. The van der Waals surface area contributed by atoms with Crippen molar-refractivity contribution in [3.05, 3.63) is 27.4 Å². The Morgan fingerprint density at radius 3 is 2.60 bits per heavy atom. The molecule has 0 radical (unpaired) electrons. The van der Waals surface area contributed by atoms with Crippen LogP contribution in [0.1, 0.15) is 17.6 Å². The third-order valence-electron chi connectivity index (χ3n) is 1.88. The molecule has 0 atom stereocenters. The Balaban J connectivity index is 3.44. The number of hydrogen-bond acceptors (Lipinski definition) is 4. The van der Waals surface area contributed by atoms with E-state index in [1.165, 1.54) is 14.0 Å². The van der Waals surface area contributed by atoms with Crippen LogP contribution >= 0.6 is 0 Å². The van der Waals surface area contributed by atoms with Crippen LogP contribution in [0.3, 0.4) is 0 Å². The lowest BCUT2D eigenvalue weighted by Gasteiger charge is -2.07. The van der Waals surface area contributed by atoms with Gasteiger partial charge in [0, 0.05) is 6.20 Å². The van der Waals surface area contributed by atoms with Gasteiger partial charge in [0.1, 0.15) is 5.56 Å². The zero-order chi connectivity index (χ0) is 11.6. The highest BCUT2D eigenvalue weighted by molar-refractivity contribution is 5.50. The largest absolute Gasteiger partial charge is 0.481 e. The van der Waals surface area contributed by atoms with E-state index < -0.39 is 22.6 Å². The summed E-state index contributed by atoms with van der Waals surface area (Å²) in [5.74, 6) is -0.0221. The van der Waals surface area contributed by atoms with E-state index in [-0.39, 0.29) is 11.4 Å². The highest BCUT2D eigenvalue weighted by atomic mass is 19.3. The number of aromatic nitrogens is 1. The second-order valence-electron chi connectivity index (χ2n) is 2.75. The van der Waals surface area contributed by atoms with E-state index in [9.17, 15) is 18.9 Å². The number of ether oxygens (including phenoxy) is 1. The molecule has 0 aliphatic rings. The summed E-state index contributed by atoms with van der Waals surface area (Å²) in [6.45, 7) is 1.32. The summed E-state index contributed by atoms with van der Waals surface area (Å²) >= 11 is 0. The summed E-state index contributed by atoms with van der Waals surface area (Å²) in [5.41, 5.74) is -1.34. The van der Waals surface area contributed by atoms with E-state index in [0.717, 1.165) is 6.20 Å². The lowest BCUT2D eigenvalue weighted by Crippen LogP contribution is -2.02. The highest BCUT2D eigenvalue weighted by Crippen LogP contribution is 2.34. The number of methoxy groups -OCH3 is 1. The van der Waals surface area contributed by atoms with E-state index in [4.69, 9.17) is 4.74 Å². The number of hydrogen-bond donors (Lipinski definition) is 0. The van der Waals surface area contributed by atoms with Crippen molar-refractivity contribution in [3.8, 4) is 5.88 Å². The van der Waals surface area contributed by atoms with E-state index in [0.29, 0.717) is 0 Å². The van der Waals surface area contributed by atoms with Crippen molar-refractivity contribution in [2.45, 2.75) is 13.3 Å². The predicted octanol–water partition coefficient (Wildman–Crippen LogP) is 2.24. The number of nitro groups is 1. The lowest BCUT2D eigenvalue weighted by atomic mass is 10.1. The van der Waals surface area contributed by atoms with Crippen LogP contribution in [-0.4, -0.2) is 17.0 Å². The predicted molar refractivity (Wildman–Crippen MR) is 47.1 cm³/mol. The SMILES string of the molecule is COc1ncc(C(F)F)c([N+](=O)[O-])c1C. The molecule has 0 saturated heterocycles. The fourth-order valence-electron chi connectivity index (χ4n) is 1.21. The molecule has 0 amide bonds. The summed E-state index contributed by atoms with van der Waals surface area (Å²) in [4.78, 5) is 13.3. The van der Waals surface area contributed by atoms with Crippen molar-refractivity contribution in [1.82, 2.24) is 4.98 Å². The van der Waals surface area contributed by atoms with Gasteiger partial charge < -0.3 is 4.74 Å². The van der Waals surface area contributed by atoms with E-state index in [1.54, 1.807) is 0 Å². The molecule has 1 heterocycles. The molecule has 0 bridgehead atoms. The first-order valence-corrected chi connectivity index (χ1v) is 3.95. The minimum atomic E-state index is -2.93. The van der Waals surface area contributed by atoms with Crippen LogP contribution in [0.15, 0.2) is 6.20 Å². The van der Waals surface area contributed by atoms with Crippen molar-refractivity contribution in [1.29, 1.82) is 0 Å². The molecular formula is C8H8F2N2O3. The van der Waals surface area contributed by atoms with E-state index in [2.05, 4.69) is 4.98 Å². The molecule has 15 heavy (non-hydrogen) atoms.